The van der Waals surface area contributed by atoms with E-state index in [2.05, 4.69) is 48.4 Å². The van der Waals surface area contributed by atoms with Gasteiger partial charge in [-0.2, -0.15) is 4.98 Å². The highest BCUT2D eigenvalue weighted by Crippen LogP contribution is 2.25. The molecule has 9 nitrogen and oxygen atoms in total. The molecule has 1 aliphatic rings. The number of nitrogens with zero attached hydrogens (tertiary/aromatic N) is 3. The molecule has 0 atom stereocenters. The van der Waals surface area contributed by atoms with Gasteiger partial charge in [-0.05, 0) is 76.1 Å². The number of nitrogens with one attached hydrogen (secondary N) is 4. The van der Waals surface area contributed by atoms with Crippen LogP contribution in [0, 0.1) is 0 Å². The molecule has 3 heterocycles. The molecule has 1 aromatic carbocycles. The zero-order valence-electron chi connectivity index (χ0n) is 19.9. The van der Waals surface area contributed by atoms with Crippen molar-refractivity contribution in [2.24, 2.45) is 0 Å². The van der Waals surface area contributed by atoms with Crippen LogP contribution in [0.3, 0.4) is 0 Å². The van der Waals surface area contributed by atoms with Crippen LogP contribution < -0.4 is 21.3 Å². The summed E-state index contributed by atoms with van der Waals surface area (Å²) in [6, 6.07) is 11.5. The summed E-state index contributed by atoms with van der Waals surface area (Å²) in [5, 5.41) is 22.9. The van der Waals surface area contributed by atoms with E-state index in [1.165, 1.54) is 17.3 Å². The van der Waals surface area contributed by atoms with Crippen molar-refractivity contribution in [1.82, 2.24) is 25.6 Å². The number of aromatic nitrogens is 3. The summed E-state index contributed by atoms with van der Waals surface area (Å²) in [5.74, 6) is 0.840. The lowest BCUT2D eigenvalue weighted by Crippen LogP contribution is -2.31. The second kappa shape index (κ2) is 9.74. The van der Waals surface area contributed by atoms with Gasteiger partial charge in [0.2, 0.25) is 5.95 Å². The van der Waals surface area contributed by atoms with E-state index in [0.717, 1.165) is 25.2 Å². The highest BCUT2D eigenvalue weighted by atomic mass is 16.3. The normalized spacial score (nSPS) is 13.4. The smallest absolute Gasteiger partial charge is 0.256 e. The molecule has 0 saturated heterocycles. The van der Waals surface area contributed by atoms with Gasteiger partial charge in [-0.3, -0.25) is 4.79 Å². The average molecular weight is 462 g/mol. The number of hydrogen-bond acceptors (Lipinski definition) is 8. The van der Waals surface area contributed by atoms with Crippen LogP contribution in [0.5, 0.6) is 0 Å². The van der Waals surface area contributed by atoms with E-state index in [1.54, 1.807) is 32.0 Å². The summed E-state index contributed by atoms with van der Waals surface area (Å²) in [6.45, 7) is 8.93. The highest BCUT2D eigenvalue weighted by Gasteiger charge is 2.20. The van der Waals surface area contributed by atoms with E-state index >= 15 is 0 Å². The maximum atomic E-state index is 12.8. The van der Waals surface area contributed by atoms with Gasteiger partial charge < -0.3 is 26.4 Å². The number of anilines is 4. The molecule has 9 heteroatoms. The van der Waals surface area contributed by atoms with Crippen molar-refractivity contribution in [3.05, 3.63) is 65.0 Å². The number of carbonyl (C=O) groups is 1. The quantitative estimate of drug-likeness (QED) is 0.363. The number of hydrogen-bond donors (Lipinski definition) is 5. The van der Waals surface area contributed by atoms with Crippen molar-refractivity contribution in [3.63, 3.8) is 0 Å². The average Bonchev–Trinajstić information content (AvgIpc) is 2.78. The van der Waals surface area contributed by atoms with Gasteiger partial charge in [-0.15, -0.1) is 0 Å². The molecule has 178 valence electrons. The molecule has 0 radical (unpaired) electrons. The van der Waals surface area contributed by atoms with E-state index in [9.17, 15) is 9.90 Å². The largest absolute Gasteiger partial charge is 0.384 e. The molecule has 0 saturated carbocycles. The fourth-order valence-corrected chi connectivity index (χ4v) is 3.70. The Bertz CT molecular complexity index is 1190. The Morgan fingerprint density at radius 3 is 2.71 bits per heavy atom. The van der Waals surface area contributed by atoms with Crippen molar-refractivity contribution >= 4 is 29.2 Å². The van der Waals surface area contributed by atoms with Crippen LogP contribution in [0.1, 0.15) is 54.9 Å². The molecule has 4 rings (SSSR count). The molecule has 5 N–H and O–H groups in total. The molecule has 3 aromatic rings. The Kier molecular flexibility index (Phi) is 6.76. The molecular weight excluding hydrogens is 430 g/mol. The van der Waals surface area contributed by atoms with Gasteiger partial charge in [0.25, 0.3) is 5.91 Å². The van der Waals surface area contributed by atoms with Gasteiger partial charge in [0.05, 0.1) is 5.69 Å². The second-order valence-corrected chi connectivity index (χ2v) is 9.21. The third kappa shape index (κ3) is 5.67. The number of pyridine rings is 1. The molecule has 1 aliphatic heterocycles. The fraction of sp³-hybridized carbons (Fsp3) is 0.360. The minimum absolute atomic E-state index is 0.0427. The van der Waals surface area contributed by atoms with E-state index in [0.29, 0.717) is 28.8 Å². The number of rotatable bonds is 7. The highest BCUT2D eigenvalue weighted by molar-refractivity contribution is 5.99. The first-order valence-corrected chi connectivity index (χ1v) is 11.4. The van der Waals surface area contributed by atoms with Crippen molar-refractivity contribution in [2.45, 2.75) is 52.3 Å². The summed E-state index contributed by atoms with van der Waals surface area (Å²) in [4.78, 5) is 26.2. The Morgan fingerprint density at radius 2 is 1.94 bits per heavy atom. The van der Waals surface area contributed by atoms with E-state index in [4.69, 9.17) is 0 Å². The van der Waals surface area contributed by atoms with E-state index < -0.39 is 5.60 Å². The molecule has 34 heavy (non-hydrogen) atoms. The molecule has 1 amide bonds. The maximum Gasteiger partial charge on any atom is 0.256 e. The minimum Gasteiger partial charge on any atom is -0.384 e. The van der Waals surface area contributed by atoms with Crippen molar-refractivity contribution in [2.75, 3.05) is 17.2 Å². The minimum atomic E-state index is -1.10. The monoisotopic (exact) mass is 461 g/mol. The molecule has 0 fully saturated rings. The predicted molar refractivity (Wildman–Crippen MR) is 133 cm³/mol. The molecule has 0 aliphatic carbocycles. The SMILES string of the molecule is CC(C)NC(=O)c1cnc(Nc2ccc3c(c2)CNCC3)nc1Nc1cccc(C(C)(C)O)n1. The fourth-order valence-electron chi connectivity index (χ4n) is 3.70. The molecule has 0 bridgehead atoms. The van der Waals surface area contributed by atoms with Gasteiger partial charge in [-0.25, -0.2) is 9.97 Å². The van der Waals surface area contributed by atoms with Crippen LogP contribution in [0.2, 0.25) is 0 Å². The number of amides is 1. The van der Waals surface area contributed by atoms with Crippen molar-refractivity contribution in [1.29, 1.82) is 0 Å². The molecule has 0 unspecified atom stereocenters. The second-order valence-electron chi connectivity index (χ2n) is 9.21. The van der Waals surface area contributed by atoms with Gasteiger partial charge in [0.1, 0.15) is 22.8 Å². The lowest BCUT2D eigenvalue weighted by atomic mass is 10.0. The van der Waals surface area contributed by atoms with Gasteiger partial charge in [0, 0.05) is 24.5 Å². The maximum absolute atomic E-state index is 12.8. The van der Waals surface area contributed by atoms with Crippen LogP contribution >= 0.6 is 0 Å². The van der Waals surface area contributed by atoms with Crippen LogP contribution in [0.15, 0.2) is 42.6 Å². The van der Waals surface area contributed by atoms with Gasteiger partial charge in [0.15, 0.2) is 0 Å². The van der Waals surface area contributed by atoms with Gasteiger partial charge in [-0.1, -0.05) is 12.1 Å². The van der Waals surface area contributed by atoms with Crippen LogP contribution in [0.4, 0.5) is 23.3 Å². The Hall–Kier alpha value is -3.56. The zero-order valence-corrected chi connectivity index (χ0v) is 19.9. The van der Waals surface area contributed by atoms with Crippen LogP contribution in [-0.2, 0) is 18.6 Å². The Labute approximate surface area is 199 Å². The third-order valence-electron chi connectivity index (χ3n) is 5.42. The van der Waals surface area contributed by atoms with E-state index in [-0.39, 0.29) is 11.9 Å². The standard InChI is InChI=1S/C25H31N7O2/c1-15(2)28-23(33)19-14-27-24(29-18-9-8-16-10-11-26-13-17(16)12-18)32-22(19)31-21-7-5-6-20(30-21)25(3,4)34/h5-9,12,14-15,26,34H,10-11,13H2,1-4H3,(H,28,33)(H2,27,29,30,31,32). The first kappa shape index (κ1) is 23.6. The predicted octanol–water partition coefficient (Wildman–Crippen LogP) is 3.37. The number of aliphatic hydroxyl groups is 1. The summed E-state index contributed by atoms with van der Waals surface area (Å²) >= 11 is 0. The molecule has 0 spiro atoms. The summed E-state index contributed by atoms with van der Waals surface area (Å²) in [6.07, 6.45) is 2.51. The van der Waals surface area contributed by atoms with Crippen LogP contribution in [0.25, 0.3) is 0 Å². The first-order valence-electron chi connectivity index (χ1n) is 11.4. The van der Waals surface area contributed by atoms with Crippen LogP contribution in [-0.4, -0.2) is 38.6 Å². The first-order chi connectivity index (χ1) is 16.2. The number of carbonyl (C=O) groups excluding carboxylic acids is 1. The summed E-state index contributed by atoms with van der Waals surface area (Å²) in [7, 11) is 0. The molecule has 2 aromatic heterocycles. The summed E-state index contributed by atoms with van der Waals surface area (Å²) in [5.41, 5.74) is 3.15. The zero-order chi connectivity index (χ0) is 24.3. The number of benzene rings is 1. The Morgan fingerprint density at radius 1 is 1.12 bits per heavy atom. The summed E-state index contributed by atoms with van der Waals surface area (Å²) < 4.78 is 0. The third-order valence-corrected chi connectivity index (χ3v) is 5.42. The lowest BCUT2D eigenvalue weighted by Gasteiger charge is -2.19. The van der Waals surface area contributed by atoms with E-state index in [1.807, 2.05) is 19.9 Å². The number of fused-ring (bicyclic) bond motifs is 1. The van der Waals surface area contributed by atoms with Gasteiger partial charge >= 0.3 is 0 Å². The Balaban J connectivity index is 1.65. The van der Waals surface area contributed by atoms with Crippen molar-refractivity contribution in [3.8, 4) is 0 Å². The molecular formula is C25H31N7O2. The topological polar surface area (TPSA) is 124 Å². The van der Waals surface area contributed by atoms with Crippen molar-refractivity contribution < 1.29 is 9.90 Å². The lowest BCUT2D eigenvalue weighted by molar-refractivity contribution is 0.0740.